The van der Waals surface area contributed by atoms with Crippen LogP contribution in [0.1, 0.15) is 22.3 Å². The molecule has 4 rings (SSSR count). The van der Waals surface area contributed by atoms with Gasteiger partial charge in [0.2, 0.25) is 0 Å². The van der Waals surface area contributed by atoms with Crippen LogP contribution in [-0.4, -0.2) is 16.3 Å². The van der Waals surface area contributed by atoms with Gasteiger partial charge in [0.05, 0.1) is 12.7 Å². The molecule has 0 fully saturated rings. The lowest BCUT2D eigenvalue weighted by Gasteiger charge is -2.25. The van der Waals surface area contributed by atoms with Gasteiger partial charge in [-0.2, -0.15) is 5.10 Å². The molecule has 1 aliphatic rings. The molecule has 0 atom stereocenters. The van der Waals surface area contributed by atoms with Gasteiger partial charge in [-0.25, -0.2) is 4.68 Å². The zero-order valence-electron chi connectivity index (χ0n) is 13.7. The maximum atomic E-state index is 4.64. The number of aromatic nitrogens is 2. The molecule has 116 valence electrons. The number of hydrogen-bond donors (Lipinski definition) is 0. The summed E-state index contributed by atoms with van der Waals surface area (Å²) in [4.78, 5) is 2.44. The highest BCUT2D eigenvalue weighted by atomic mass is 15.4. The third-order valence-corrected chi connectivity index (χ3v) is 4.63. The van der Waals surface area contributed by atoms with E-state index in [4.69, 9.17) is 0 Å². The van der Waals surface area contributed by atoms with Crippen LogP contribution in [0.5, 0.6) is 0 Å². The Morgan fingerprint density at radius 3 is 2.43 bits per heavy atom. The van der Waals surface area contributed by atoms with E-state index >= 15 is 0 Å². The van der Waals surface area contributed by atoms with Gasteiger partial charge in [0.15, 0.2) is 0 Å². The van der Waals surface area contributed by atoms with Crippen LogP contribution in [0.2, 0.25) is 0 Å². The van der Waals surface area contributed by atoms with E-state index in [1.165, 1.54) is 33.8 Å². The van der Waals surface area contributed by atoms with Crippen molar-refractivity contribution in [2.24, 2.45) is 0 Å². The normalized spacial score (nSPS) is 13.4. The van der Waals surface area contributed by atoms with Gasteiger partial charge in [-0.1, -0.05) is 48.5 Å². The fourth-order valence-electron chi connectivity index (χ4n) is 3.57. The quantitative estimate of drug-likeness (QED) is 0.721. The van der Waals surface area contributed by atoms with Crippen LogP contribution in [-0.2, 0) is 13.0 Å². The molecule has 0 N–H and O–H groups in total. The average molecular weight is 303 g/mol. The second kappa shape index (κ2) is 5.58. The average Bonchev–Trinajstić information content (AvgIpc) is 3.12. The van der Waals surface area contributed by atoms with Crippen molar-refractivity contribution in [1.29, 1.82) is 0 Å². The molecule has 2 heterocycles. The van der Waals surface area contributed by atoms with E-state index in [0.717, 1.165) is 19.5 Å². The SMILES string of the molecule is Cc1cccc(C)c1N1CCc2cnn(Cc3ccccc3)c21. The highest BCUT2D eigenvalue weighted by molar-refractivity contribution is 5.72. The zero-order valence-corrected chi connectivity index (χ0v) is 13.7. The van der Waals surface area contributed by atoms with Gasteiger partial charge < -0.3 is 4.90 Å². The van der Waals surface area contributed by atoms with E-state index in [1.807, 2.05) is 6.20 Å². The summed E-state index contributed by atoms with van der Waals surface area (Å²) in [5.41, 5.74) is 6.62. The number of anilines is 2. The van der Waals surface area contributed by atoms with Crippen LogP contribution in [0, 0.1) is 13.8 Å². The topological polar surface area (TPSA) is 21.1 Å². The Morgan fingerprint density at radius 2 is 1.70 bits per heavy atom. The Kier molecular flexibility index (Phi) is 3.41. The minimum Gasteiger partial charge on any atom is -0.326 e. The number of benzene rings is 2. The molecule has 0 saturated heterocycles. The van der Waals surface area contributed by atoms with E-state index in [9.17, 15) is 0 Å². The molecule has 3 nitrogen and oxygen atoms in total. The summed E-state index contributed by atoms with van der Waals surface area (Å²) >= 11 is 0. The van der Waals surface area contributed by atoms with E-state index in [0.29, 0.717) is 0 Å². The van der Waals surface area contributed by atoms with Crippen LogP contribution in [0.15, 0.2) is 54.7 Å². The third-order valence-electron chi connectivity index (χ3n) is 4.63. The Morgan fingerprint density at radius 1 is 0.957 bits per heavy atom. The molecule has 1 aromatic heterocycles. The van der Waals surface area contributed by atoms with Crippen molar-refractivity contribution >= 4 is 11.5 Å². The second-order valence-corrected chi connectivity index (χ2v) is 6.28. The smallest absolute Gasteiger partial charge is 0.134 e. The monoisotopic (exact) mass is 303 g/mol. The molecule has 0 saturated carbocycles. The summed E-state index contributed by atoms with van der Waals surface area (Å²) in [6.45, 7) is 6.24. The molecule has 0 bridgehead atoms. The molecule has 0 amide bonds. The molecule has 3 aromatic rings. The van der Waals surface area contributed by atoms with Gasteiger partial charge in [0.25, 0.3) is 0 Å². The molecule has 0 spiro atoms. The van der Waals surface area contributed by atoms with Crippen molar-refractivity contribution in [2.45, 2.75) is 26.8 Å². The fraction of sp³-hybridized carbons (Fsp3) is 0.250. The van der Waals surface area contributed by atoms with Gasteiger partial charge >= 0.3 is 0 Å². The lowest BCUT2D eigenvalue weighted by molar-refractivity contribution is 0.680. The minimum atomic E-state index is 0.817. The summed E-state index contributed by atoms with van der Waals surface area (Å²) in [6, 6.07) is 17.1. The summed E-state index contributed by atoms with van der Waals surface area (Å²) in [7, 11) is 0. The maximum absolute atomic E-state index is 4.64. The number of nitrogens with zero attached hydrogens (tertiary/aromatic N) is 3. The first kappa shape index (κ1) is 14.1. The predicted octanol–water partition coefficient (Wildman–Crippen LogP) is 4.24. The Balaban J connectivity index is 1.75. The first-order valence-electron chi connectivity index (χ1n) is 8.16. The number of hydrogen-bond acceptors (Lipinski definition) is 2. The van der Waals surface area contributed by atoms with Crippen molar-refractivity contribution in [3.63, 3.8) is 0 Å². The predicted molar refractivity (Wildman–Crippen MR) is 94.4 cm³/mol. The van der Waals surface area contributed by atoms with Gasteiger partial charge in [-0.3, -0.25) is 0 Å². The standard InChI is InChI=1S/C20H21N3/c1-15-7-6-8-16(2)19(15)22-12-11-18-13-21-23(20(18)22)14-17-9-4-3-5-10-17/h3-10,13H,11-12,14H2,1-2H3. The zero-order chi connectivity index (χ0) is 15.8. The van der Waals surface area contributed by atoms with Crippen molar-refractivity contribution in [3.05, 3.63) is 77.0 Å². The van der Waals surface area contributed by atoms with Crippen LogP contribution in [0.25, 0.3) is 0 Å². The first-order chi connectivity index (χ1) is 11.2. The lowest BCUT2D eigenvalue weighted by atomic mass is 10.1. The van der Waals surface area contributed by atoms with Gasteiger partial charge in [0.1, 0.15) is 5.82 Å². The largest absolute Gasteiger partial charge is 0.326 e. The Bertz CT molecular complexity index is 813. The van der Waals surface area contributed by atoms with Crippen molar-refractivity contribution in [2.75, 3.05) is 11.4 Å². The molecule has 0 aliphatic carbocycles. The highest BCUT2D eigenvalue weighted by Crippen LogP contribution is 2.38. The molecule has 3 heteroatoms. The number of rotatable bonds is 3. The highest BCUT2D eigenvalue weighted by Gasteiger charge is 2.27. The van der Waals surface area contributed by atoms with Crippen LogP contribution in [0.3, 0.4) is 0 Å². The van der Waals surface area contributed by atoms with Crippen molar-refractivity contribution in [3.8, 4) is 0 Å². The number of fused-ring (bicyclic) bond motifs is 1. The number of aryl methyl sites for hydroxylation is 2. The second-order valence-electron chi connectivity index (χ2n) is 6.28. The summed E-state index contributed by atoms with van der Waals surface area (Å²) in [6.07, 6.45) is 3.10. The van der Waals surface area contributed by atoms with Gasteiger partial charge in [-0.15, -0.1) is 0 Å². The molecular weight excluding hydrogens is 282 g/mol. The number of para-hydroxylation sites is 1. The Hall–Kier alpha value is -2.55. The molecular formula is C20H21N3. The van der Waals surface area contributed by atoms with Crippen LogP contribution >= 0.6 is 0 Å². The minimum absolute atomic E-state index is 0.817. The van der Waals surface area contributed by atoms with Crippen LogP contribution < -0.4 is 4.90 Å². The van der Waals surface area contributed by atoms with E-state index in [1.54, 1.807) is 0 Å². The van der Waals surface area contributed by atoms with Gasteiger partial charge in [0, 0.05) is 17.8 Å². The van der Waals surface area contributed by atoms with Crippen molar-refractivity contribution < 1.29 is 0 Å². The molecule has 1 aliphatic heterocycles. The Labute approximate surface area is 137 Å². The third kappa shape index (κ3) is 2.42. The molecule has 2 aromatic carbocycles. The lowest BCUT2D eigenvalue weighted by Crippen LogP contribution is -2.20. The molecule has 0 radical (unpaired) electrons. The molecule has 0 unspecified atom stereocenters. The summed E-state index contributed by atoms with van der Waals surface area (Å²) in [5.74, 6) is 1.26. The molecule has 23 heavy (non-hydrogen) atoms. The van der Waals surface area contributed by atoms with Gasteiger partial charge in [-0.05, 0) is 37.0 Å². The maximum Gasteiger partial charge on any atom is 0.134 e. The van der Waals surface area contributed by atoms with E-state index in [-0.39, 0.29) is 0 Å². The van der Waals surface area contributed by atoms with Crippen LogP contribution in [0.4, 0.5) is 11.5 Å². The van der Waals surface area contributed by atoms with E-state index in [2.05, 4.69) is 77.1 Å². The van der Waals surface area contributed by atoms with Crippen molar-refractivity contribution in [1.82, 2.24) is 9.78 Å². The summed E-state index contributed by atoms with van der Waals surface area (Å²) in [5, 5.41) is 4.64. The van der Waals surface area contributed by atoms with E-state index < -0.39 is 0 Å². The first-order valence-corrected chi connectivity index (χ1v) is 8.16. The summed E-state index contributed by atoms with van der Waals surface area (Å²) < 4.78 is 2.14. The fourth-order valence-corrected chi connectivity index (χ4v) is 3.57.